The molecule has 0 amide bonds. The molecular weight excluding hydrogens is 737 g/mol. The third-order valence-electron chi connectivity index (χ3n) is 10.7. The molecule has 0 aliphatic rings. The van der Waals surface area contributed by atoms with Gasteiger partial charge in [-0.05, 0) is 30.3 Å². The van der Waals surface area contributed by atoms with Crippen molar-refractivity contribution in [3.8, 4) is 51.4 Å². The van der Waals surface area contributed by atoms with Crippen molar-refractivity contribution in [3.05, 3.63) is 170 Å². The van der Waals surface area contributed by atoms with E-state index in [1.165, 1.54) is 4.70 Å². The van der Waals surface area contributed by atoms with Crippen LogP contribution in [0, 0.1) is 0 Å². The van der Waals surface area contributed by atoms with E-state index in [1.807, 2.05) is 24.3 Å². The van der Waals surface area contributed by atoms with E-state index in [9.17, 15) is 0 Å². The van der Waals surface area contributed by atoms with Crippen molar-refractivity contribution in [3.63, 3.8) is 0 Å². The first kappa shape index (κ1) is 32.1. The van der Waals surface area contributed by atoms with Gasteiger partial charge in [-0.3, -0.25) is 4.57 Å². The van der Waals surface area contributed by atoms with Crippen molar-refractivity contribution in [1.82, 2.24) is 29.5 Å². The van der Waals surface area contributed by atoms with Crippen molar-refractivity contribution in [2.45, 2.75) is 0 Å². The number of thiophene rings is 2. The van der Waals surface area contributed by atoms with Crippen LogP contribution in [0.15, 0.2) is 170 Å². The Hall–Kier alpha value is -7.13. The molecule has 0 saturated heterocycles. The van der Waals surface area contributed by atoms with Crippen LogP contribution in [-0.2, 0) is 0 Å². The molecule has 0 unspecified atom stereocenters. The highest BCUT2D eigenvalue weighted by Gasteiger charge is 2.22. The fourth-order valence-electron chi connectivity index (χ4n) is 8.15. The van der Waals surface area contributed by atoms with Gasteiger partial charge in [0.1, 0.15) is 0 Å². The number of para-hydroxylation sites is 2. The van der Waals surface area contributed by atoms with E-state index in [0.717, 1.165) is 85.5 Å². The molecule has 7 aromatic carbocycles. The quantitative estimate of drug-likeness (QED) is 0.175. The highest BCUT2D eigenvalue weighted by atomic mass is 32.1. The Morgan fingerprint density at radius 2 is 0.930 bits per heavy atom. The van der Waals surface area contributed by atoms with E-state index in [0.29, 0.717) is 23.4 Å². The zero-order chi connectivity index (χ0) is 37.5. The lowest BCUT2D eigenvalue weighted by atomic mass is 10.0. The normalized spacial score (nSPS) is 11.9. The van der Waals surface area contributed by atoms with Gasteiger partial charge in [0.2, 0.25) is 5.95 Å². The van der Waals surface area contributed by atoms with Gasteiger partial charge in [0.25, 0.3) is 0 Å². The van der Waals surface area contributed by atoms with Gasteiger partial charge in [-0.2, -0.15) is 9.97 Å². The standard InChI is InChI=1S/C49H28N6S2/c1-3-15-29(16-4-1)42-45-43(33-21-9-12-27-39(33)56-45)51-47(50-42)35-23-14-28-40-41(35)34-22-13-24-36(44(34)57-40)48-52-46(30-17-5-2-6-18-30)53-49(54-48)55-37-25-10-7-19-31(37)32-20-8-11-26-38(32)55/h1-28H. The maximum atomic E-state index is 5.36. The summed E-state index contributed by atoms with van der Waals surface area (Å²) in [6, 6.07) is 58.9. The highest BCUT2D eigenvalue weighted by Crippen LogP contribution is 2.45. The minimum Gasteiger partial charge on any atom is -0.278 e. The van der Waals surface area contributed by atoms with Crippen LogP contribution in [0.4, 0.5) is 0 Å². The molecule has 5 aromatic heterocycles. The summed E-state index contributed by atoms with van der Waals surface area (Å²) in [5.41, 5.74) is 7.97. The van der Waals surface area contributed by atoms with Crippen LogP contribution in [0.25, 0.3) is 114 Å². The van der Waals surface area contributed by atoms with Crippen LogP contribution >= 0.6 is 22.7 Å². The second-order valence-electron chi connectivity index (χ2n) is 14.0. The van der Waals surface area contributed by atoms with Crippen LogP contribution in [0.1, 0.15) is 0 Å². The predicted octanol–water partition coefficient (Wildman–Crippen LogP) is 13.2. The van der Waals surface area contributed by atoms with E-state index >= 15 is 0 Å². The third kappa shape index (κ3) is 5.05. The van der Waals surface area contributed by atoms with E-state index in [1.54, 1.807) is 22.7 Å². The summed E-state index contributed by atoms with van der Waals surface area (Å²) in [7, 11) is 0. The van der Waals surface area contributed by atoms with Crippen LogP contribution in [0.2, 0.25) is 0 Å². The van der Waals surface area contributed by atoms with Crippen molar-refractivity contribution in [1.29, 1.82) is 0 Å². The molecule has 12 aromatic rings. The largest absolute Gasteiger partial charge is 0.278 e. The summed E-state index contributed by atoms with van der Waals surface area (Å²) in [6.45, 7) is 0. The molecule has 5 heterocycles. The number of fused-ring (bicyclic) bond motifs is 9. The van der Waals surface area contributed by atoms with E-state index in [-0.39, 0.29) is 0 Å². The average Bonchev–Trinajstić information content (AvgIpc) is 3.96. The van der Waals surface area contributed by atoms with Gasteiger partial charge >= 0.3 is 0 Å². The molecule has 12 rings (SSSR count). The van der Waals surface area contributed by atoms with Crippen LogP contribution in [0.3, 0.4) is 0 Å². The van der Waals surface area contributed by atoms with Crippen molar-refractivity contribution in [2.75, 3.05) is 0 Å². The highest BCUT2D eigenvalue weighted by molar-refractivity contribution is 7.26. The fourth-order valence-corrected chi connectivity index (χ4v) is 10.5. The first-order valence-corrected chi connectivity index (χ1v) is 20.4. The molecule has 6 nitrogen and oxygen atoms in total. The Labute approximate surface area is 334 Å². The molecular formula is C49H28N6S2. The monoisotopic (exact) mass is 764 g/mol. The Balaban J connectivity index is 1.11. The zero-order valence-corrected chi connectivity index (χ0v) is 31.8. The van der Waals surface area contributed by atoms with Crippen molar-refractivity contribution in [2.24, 2.45) is 0 Å². The SMILES string of the molecule is c1ccc(-c2nc(-c3cccc4c3sc3cccc(-c5nc(-c6ccccc6)c6sc7ccccc7c6n5)c34)nc(-n3c4ccccc4c4ccccc43)n2)cc1. The van der Waals surface area contributed by atoms with Gasteiger partial charge in [0.05, 0.1) is 26.9 Å². The summed E-state index contributed by atoms with van der Waals surface area (Å²) >= 11 is 3.50. The molecule has 0 N–H and O–H groups in total. The second kappa shape index (κ2) is 12.7. The number of hydrogen-bond acceptors (Lipinski definition) is 7. The summed E-state index contributed by atoms with van der Waals surface area (Å²) < 4.78 is 6.71. The predicted molar refractivity (Wildman–Crippen MR) is 237 cm³/mol. The second-order valence-corrected chi connectivity index (χ2v) is 16.1. The topological polar surface area (TPSA) is 69.4 Å². The Morgan fingerprint density at radius 1 is 0.368 bits per heavy atom. The van der Waals surface area contributed by atoms with Gasteiger partial charge in [0.15, 0.2) is 17.5 Å². The Bertz CT molecular complexity index is 3480. The molecule has 0 bridgehead atoms. The molecule has 0 atom stereocenters. The summed E-state index contributed by atoms with van der Waals surface area (Å²) in [6.07, 6.45) is 0. The number of hydrogen-bond donors (Lipinski definition) is 0. The summed E-state index contributed by atoms with van der Waals surface area (Å²) in [5.74, 6) is 2.52. The van der Waals surface area contributed by atoms with Crippen molar-refractivity contribution >= 4 is 85.0 Å². The molecule has 0 aliphatic carbocycles. The molecule has 8 heteroatoms. The lowest BCUT2D eigenvalue weighted by Crippen LogP contribution is -2.06. The minimum absolute atomic E-state index is 0.577. The van der Waals surface area contributed by atoms with Crippen LogP contribution < -0.4 is 0 Å². The van der Waals surface area contributed by atoms with E-state index in [4.69, 9.17) is 24.9 Å². The van der Waals surface area contributed by atoms with Gasteiger partial charge in [0, 0.05) is 63.3 Å². The van der Waals surface area contributed by atoms with E-state index < -0.39 is 0 Å². The van der Waals surface area contributed by atoms with E-state index in [2.05, 4.69) is 150 Å². The molecule has 0 aliphatic heterocycles. The molecule has 0 radical (unpaired) electrons. The molecule has 0 spiro atoms. The number of rotatable bonds is 5. The van der Waals surface area contributed by atoms with Gasteiger partial charge in [-0.1, -0.05) is 140 Å². The number of aromatic nitrogens is 6. The molecule has 0 fully saturated rings. The average molecular weight is 765 g/mol. The lowest BCUT2D eigenvalue weighted by molar-refractivity contribution is 0.954. The zero-order valence-electron chi connectivity index (χ0n) is 30.2. The first-order valence-electron chi connectivity index (χ1n) is 18.8. The maximum Gasteiger partial charge on any atom is 0.238 e. The summed E-state index contributed by atoms with van der Waals surface area (Å²) in [4.78, 5) is 26.3. The number of benzene rings is 7. The Morgan fingerprint density at radius 3 is 1.70 bits per heavy atom. The fraction of sp³-hybridized carbons (Fsp3) is 0. The maximum absolute atomic E-state index is 5.36. The molecule has 57 heavy (non-hydrogen) atoms. The summed E-state index contributed by atoms with van der Waals surface area (Å²) in [5, 5.41) is 5.69. The number of nitrogens with zero attached hydrogens (tertiary/aromatic N) is 6. The van der Waals surface area contributed by atoms with Gasteiger partial charge < -0.3 is 0 Å². The van der Waals surface area contributed by atoms with Gasteiger partial charge in [-0.15, -0.1) is 22.7 Å². The van der Waals surface area contributed by atoms with Crippen LogP contribution in [0.5, 0.6) is 0 Å². The molecule has 0 saturated carbocycles. The van der Waals surface area contributed by atoms with Crippen molar-refractivity contribution < 1.29 is 0 Å². The van der Waals surface area contributed by atoms with Gasteiger partial charge in [-0.25, -0.2) is 15.0 Å². The smallest absolute Gasteiger partial charge is 0.238 e. The third-order valence-corrected chi connectivity index (χ3v) is 13.1. The minimum atomic E-state index is 0.577. The molecule has 266 valence electrons. The Kier molecular flexibility index (Phi) is 7.17. The van der Waals surface area contributed by atoms with Crippen LogP contribution in [-0.4, -0.2) is 29.5 Å². The first-order chi connectivity index (χ1) is 28.3. The lowest BCUT2D eigenvalue weighted by Gasteiger charge is -2.11.